The van der Waals surface area contributed by atoms with Gasteiger partial charge in [0.2, 0.25) is 0 Å². The van der Waals surface area contributed by atoms with Crippen LogP contribution >= 0.6 is 0 Å². The monoisotopic (exact) mass is 298 g/mol. The van der Waals surface area contributed by atoms with Crippen LogP contribution in [-0.2, 0) is 0 Å². The van der Waals surface area contributed by atoms with E-state index in [2.05, 4.69) is 73.4 Å². The fourth-order valence-electron chi connectivity index (χ4n) is 2.47. The summed E-state index contributed by atoms with van der Waals surface area (Å²) in [7, 11) is 0. The minimum Gasteiger partial charge on any atom is -0.368 e. The molecule has 0 spiro atoms. The number of nitrogens with one attached hydrogen (secondary N) is 2. The quantitative estimate of drug-likeness (QED) is 0.834. The number of benzene rings is 1. The summed E-state index contributed by atoms with van der Waals surface area (Å²) in [6.45, 7) is 12.6. The zero-order chi connectivity index (χ0) is 16.3. The average Bonchev–Trinajstić information content (AvgIpc) is 2.39. The Bertz CT molecular complexity index is 648. The van der Waals surface area contributed by atoms with Gasteiger partial charge in [0.15, 0.2) is 0 Å². The van der Waals surface area contributed by atoms with Crippen LogP contribution in [0.15, 0.2) is 24.3 Å². The lowest BCUT2D eigenvalue weighted by atomic mass is 9.98. The van der Waals surface area contributed by atoms with Gasteiger partial charge in [-0.25, -0.2) is 9.97 Å². The van der Waals surface area contributed by atoms with E-state index in [0.29, 0.717) is 12.0 Å². The van der Waals surface area contributed by atoms with Crippen LogP contribution in [0.1, 0.15) is 50.6 Å². The Morgan fingerprint density at radius 2 is 1.64 bits per heavy atom. The van der Waals surface area contributed by atoms with Gasteiger partial charge in [0.1, 0.15) is 17.5 Å². The highest BCUT2D eigenvalue weighted by atomic mass is 15.1. The molecule has 2 aromatic rings. The number of aryl methyl sites for hydroxylation is 2. The molecular formula is C18H26N4. The molecule has 0 aliphatic carbocycles. The van der Waals surface area contributed by atoms with Gasteiger partial charge in [0.05, 0.1) is 0 Å². The Kier molecular flexibility index (Phi) is 5.01. The second kappa shape index (κ2) is 6.77. The average molecular weight is 298 g/mol. The predicted molar refractivity (Wildman–Crippen MR) is 94.1 cm³/mol. The molecule has 0 atom stereocenters. The summed E-state index contributed by atoms with van der Waals surface area (Å²) in [6, 6.07) is 8.69. The van der Waals surface area contributed by atoms with Crippen LogP contribution in [0.5, 0.6) is 0 Å². The maximum Gasteiger partial charge on any atom is 0.136 e. The predicted octanol–water partition coefficient (Wildman–Crippen LogP) is 4.78. The second-order valence-electron chi connectivity index (χ2n) is 6.30. The molecule has 0 amide bonds. The Hall–Kier alpha value is -2.10. The van der Waals surface area contributed by atoms with Crippen molar-refractivity contribution in [3.05, 3.63) is 41.2 Å². The van der Waals surface area contributed by atoms with Crippen molar-refractivity contribution in [1.29, 1.82) is 0 Å². The number of nitrogens with zero attached hydrogens (tertiary/aromatic N) is 2. The molecular weight excluding hydrogens is 272 g/mol. The third kappa shape index (κ3) is 3.97. The summed E-state index contributed by atoms with van der Waals surface area (Å²) in [6.07, 6.45) is 0. The molecule has 4 nitrogen and oxygen atoms in total. The van der Waals surface area contributed by atoms with Gasteiger partial charge in [0.25, 0.3) is 0 Å². The lowest BCUT2D eigenvalue weighted by Crippen LogP contribution is -2.12. The van der Waals surface area contributed by atoms with Gasteiger partial charge in [-0.15, -0.1) is 0 Å². The first-order valence-electron chi connectivity index (χ1n) is 7.85. The van der Waals surface area contributed by atoms with Crippen molar-refractivity contribution in [3.63, 3.8) is 0 Å². The van der Waals surface area contributed by atoms with Crippen molar-refractivity contribution in [2.24, 2.45) is 0 Å². The molecule has 2 rings (SSSR count). The molecule has 0 radical (unpaired) electrons. The first kappa shape index (κ1) is 16.3. The molecule has 0 saturated carbocycles. The molecule has 2 N–H and O–H groups in total. The van der Waals surface area contributed by atoms with E-state index < -0.39 is 0 Å². The summed E-state index contributed by atoms with van der Waals surface area (Å²) in [5, 5.41) is 6.82. The Morgan fingerprint density at radius 1 is 0.955 bits per heavy atom. The fourth-order valence-corrected chi connectivity index (χ4v) is 2.47. The third-order valence-corrected chi connectivity index (χ3v) is 3.45. The number of aromatic nitrogens is 2. The Morgan fingerprint density at radius 3 is 2.27 bits per heavy atom. The molecule has 1 heterocycles. The van der Waals surface area contributed by atoms with Gasteiger partial charge in [0, 0.05) is 17.8 Å². The van der Waals surface area contributed by atoms with E-state index in [1.807, 2.05) is 13.0 Å². The molecule has 1 aromatic heterocycles. The number of hydrogen-bond acceptors (Lipinski definition) is 4. The van der Waals surface area contributed by atoms with Crippen LogP contribution in [0.4, 0.5) is 17.3 Å². The zero-order valence-corrected chi connectivity index (χ0v) is 14.4. The highest BCUT2D eigenvalue weighted by Gasteiger charge is 2.11. The van der Waals surface area contributed by atoms with Crippen molar-refractivity contribution >= 4 is 17.3 Å². The maximum absolute atomic E-state index is 4.52. The number of hydrogen-bond donors (Lipinski definition) is 2. The maximum atomic E-state index is 4.52. The SMILES string of the molecule is Cc1nc(Nc2c(C)cccc2C(C)C)cc(NC(C)C)n1. The van der Waals surface area contributed by atoms with E-state index >= 15 is 0 Å². The number of para-hydroxylation sites is 1. The van der Waals surface area contributed by atoms with Crippen molar-refractivity contribution in [2.75, 3.05) is 10.6 Å². The van der Waals surface area contributed by atoms with Crippen molar-refractivity contribution < 1.29 is 0 Å². The summed E-state index contributed by atoms with van der Waals surface area (Å²) >= 11 is 0. The van der Waals surface area contributed by atoms with Crippen LogP contribution in [0, 0.1) is 13.8 Å². The summed E-state index contributed by atoms with van der Waals surface area (Å²) in [4.78, 5) is 8.95. The van der Waals surface area contributed by atoms with Crippen LogP contribution in [-0.4, -0.2) is 16.0 Å². The molecule has 0 unspecified atom stereocenters. The van der Waals surface area contributed by atoms with Crippen molar-refractivity contribution in [1.82, 2.24) is 9.97 Å². The summed E-state index contributed by atoms with van der Waals surface area (Å²) in [5.41, 5.74) is 3.67. The normalized spacial score (nSPS) is 11.1. The van der Waals surface area contributed by atoms with Gasteiger partial charge in [-0.05, 0) is 44.7 Å². The molecule has 0 aliphatic heterocycles. The topological polar surface area (TPSA) is 49.8 Å². The van der Waals surface area contributed by atoms with Crippen LogP contribution < -0.4 is 10.6 Å². The van der Waals surface area contributed by atoms with Crippen LogP contribution in [0.2, 0.25) is 0 Å². The molecule has 0 fully saturated rings. The summed E-state index contributed by atoms with van der Waals surface area (Å²) in [5.74, 6) is 2.89. The zero-order valence-electron chi connectivity index (χ0n) is 14.4. The van der Waals surface area contributed by atoms with E-state index in [4.69, 9.17) is 0 Å². The smallest absolute Gasteiger partial charge is 0.136 e. The van der Waals surface area contributed by atoms with Crippen molar-refractivity contribution in [2.45, 2.75) is 53.5 Å². The van der Waals surface area contributed by atoms with Gasteiger partial charge in [-0.2, -0.15) is 0 Å². The van der Waals surface area contributed by atoms with E-state index in [1.165, 1.54) is 11.1 Å². The van der Waals surface area contributed by atoms with Crippen molar-refractivity contribution in [3.8, 4) is 0 Å². The molecule has 4 heteroatoms. The third-order valence-electron chi connectivity index (χ3n) is 3.45. The van der Waals surface area contributed by atoms with E-state index in [0.717, 1.165) is 23.1 Å². The lowest BCUT2D eigenvalue weighted by Gasteiger charge is -2.18. The number of anilines is 3. The Labute approximate surface area is 133 Å². The molecule has 0 saturated heterocycles. The van der Waals surface area contributed by atoms with E-state index in [1.54, 1.807) is 0 Å². The standard InChI is InChI=1S/C18H26N4/c1-11(2)15-9-7-8-13(5)18(15)22-17-10-16(19-12(3)4)20-14(6)21-17/h7-12H,1-6H3,(H2,19,20,21,22). The van der Waals surface area contributed by atoms with Gasteiger partial charge >= 0.3 is 0 Å². The van der Waals surface area contributed by atoms with Gasteiger partial charge in [-0.1, -0.05) is 32.0 Å². The lowest BCUT2D eigenvalue weighted by molar-refractivity contribution is 0.866. The highest BCUT2D eigenvalue weighted by Crippen LogP contribution is 2.30. The molecule has 0 bridgehead atoms. The second-order valence-corrected chi connectivity index (χ2v) is 6.30. The number of rotatable bonds is 5. The van der Waals surface area contributed by atoms with Gasteiger partial charge < -0.3 is 10.6 Å². The van der Waals surface area contributed by atoms with E-state index in [9.17, 15) is 0 Å². The fraction of sp³-hybridized carbons (Fsp3) is 0.444. The largest absolute Gasteiger partial charge is 0.368 e. The molecule has 22 heavy (non-hydrogen) atoms. The minimum atomic E-state index is 0.340. The van der Waals surface area contributed by atoms with Crippen LogP contribution in [0.3, 0.4) is 0 Å². The molecule has 0 aliphatic rings. The molecule has 118 valence electrons. The first-order valence-corrected chi connectivity index (χ1v) is 7.85. The van der Waals surface area contributed by atoms with Crippen LogP contribution in [0.25, 0.3) is 0 Å². The van der Waals surface area contributed by atoms with E-state index in [-0.39, 0.29) is 0 Å². The molecule has 1 aromatic carbocycles. The summed E-state index contributed by atoms with van der Waals surface area (Å²) < 4.78 is 0. The Balaban J connectivity index is 2.37. The highest BCUT2D eigenvalue weighted by molar-refractivity contribution is 5.67. The first-order chi connectivity index (χ1) is 10.4. The van der Waals surface area contributed by atoms with Gasteiger partial charge in [-0.3, -0.25) is 0 Å². The minimum absolute atomic E-state index is 0.340.